The van der Waals surface area contributed by atoms with Crippen molar-refractivity contribution in [3.05, 3.63) is 29.3 Å². The van der Waals surface area contributed by atoms with E-state index in [9.17, 15) is 13.2 Å². The first-order chi connectivity index (χ1) is 12.4. The molecule has 1 aromatic carbocycles. The lowest BCUT2D eigenvalue weighted by Gasteiger charge is -2.17. The van der Waals surface area contributed by atoms with Crippen LogP contribution in [0.4, 0.5) is 13.2 Å². The number of aliphatic hydroxyl groups is 1. The number of aliphatic hydroxyl groups excluding tert-OH is 1. The van der Waals surface area contributed by atoms with Crippen molar-refractivity contribution in [2.75, 3.05) is 13.2 Å². The fourth-order valence-electron chi connectivity index (χ4n) is 3.41. The van der Waals surface area contributed by atoms with Crippen LogP contribution in [-0.2, 0) is 12.6 Å². The van der Waals surface area contributed by atoms with Crippen LogP contribution >= 0.6 is 0 Å². The summed E-state index contributed by atoms with van der Waals surface area (Å²) in [5, 5.41) is 12.2. The highest BCUT2D eigenvalue weighted by molar-refractivity contribution is 5.38. The van der Waals surface area contributed by atoms with Gasteiger partial charge in [0.15, 0.2) is 0 Å². The molecule has 0 aliphatic carbocycles. The van der Waals surface area contributed by atoms with Crippen molar-refractivity contribution in [1.82, 2.24) is 5.32 Å². The van der Waals surface area contributed by atoms with Crippen LogP contribution in [0.5, 0.6) is 5.75 Å². The van der Waals surface area contributed by atoms with Crippen LogP contribution in [0, 0.1) is 0 Å². The molecule has 0 spiro atoms. The lowest BCUT2D eigenvalue weighted by atomic mass is 9.99. The molecule has 2 N–H and O–H groups in total. The Bertz CT molecular complexity index is 548. The molecular formula is C20H30F3NO2. The van der Waals surface area contributed by atoms with E-state index < -0.39 is 11.7 Å². The molecule has 1 unspecified atom stereocenters. The van der Waals surface area contributed by atoms with Crippen LogP contribution in [0.1, 0.15) is 63.0 Å². The minimum absolute atomic E-state index is 0.00482. The van der Waals surface area contributed by atoms with E-state index in [1.807, 2.05) is 0 Å². The third-order valence-corrected chi connectivity index (χ3v) is 4.89. The first-order valence-corrected chi connectivity index (χ1v) is 9.65. The minimum atomic E-state index is -4.38. The van der Waals surface area contributed by atoms with Gasteiger partial charge in [-0.15, -0.1) is 0 Å². The Balaban J connectivity index is 1.96. The van der Waals surface area contributed by atoms with E-state index in [1.54, 1.807) is 12.1 Å². The van der Waals surface area contributed by atoms with Gasteiger partial charge in [-0.05, 0) is 30.5 Å². The van der Waals surface area contributed by atoms with Gasteiger partial charge < -0.3 is 15.2 Å². The molecular weight excluding hydrogens is 343 g/mol. The molecule has 1 aromatic rings. The maximum Gasteiger partial charge on any atom is 0.416 e. The molecule has 2 rings (SSSR count). The van der Waals surface area contributed by atoms with Crippen molar-refractivity contribution < 1.29 is 23.0 Å². The zero-order chi connectivity index (χ0) is 19.0. The van der Waals surface area contributed by atoms with Crippen molar-refractivity contribution in [1.29, 1.82) is 0 Å². The Hall–Kier alpha value is -1.27. The maximum absolute atomic E-state index is 13.4. The van der Waals surface area contributed by atoms with Crippen LogP contribution in [0.15, 0.2) is 18.2 Å². The summed E-state index contributed by atoms with van der Waals surface area (Å²) in [6.07, 6.45) is 2.77. The van der Waals surface area contributed by atoms with Crippen LogP contribution in [0.25, 0.3) is 0 Å². The minimum Gasteiger partial charge on any atom is -0.489 e. The monoisotopic (exact) mass is 373 g/mol. The quantitative estimate of drug-likeness (QED) is 0.584. The van der Waals surface area contributed by atoms with E-state index in [4.69, 9.17) is 9.84 Å². The molecule has 6 heteroatoms. The van der Waals surface area contributed by atoms with Gasteiger partial charge >= 0.3 is 6.18 Å². The molecule has 0 amide bonds. The second kappa shape index (κ2) is 10.2. The summed E-state index contributed by atoms with van der Waals surface area (Å²) < 4.78 is 46.0. The fraction of sp³-hybridized carbons (Fsp3) is 0.700. The Morgan fingerprint density at radius 2 is 1.88 bits per heavy atom. The summed E-state index contributed by atoms with van der Waals surface area (Å²) in [7, 11) is 0. The van der Waals surface area contributed by atoms with Crippen molar-refractivity contribution in [2.24, 2.45) is 0 Å². The molecule has 1 heterocycles. The number of aryl methyl sites for hydroxylation is 1. The van der Waals surface area contributed by atoms with Crippen molar-refractivity contribution in [3.63, 3.8) is 0 Å². The van der Waals surface area contributed by atoms with E-state index in [0.717, 1.165) is 38.2 Å². The summed E-state index contributed by atoms with van der Waals surface area (Å²) in [4.78, 5) is 0. The molecule has 0 bridgehead atoms. The highest BCUT2D eigenvalue weighted by atomic mass is 19.4. The van der Waals surface area contributed by atoms with E-state index in [-0.39, 0.29) is 24.5 Å². The van der Waals surface area contributed by atoms with Gasteiger partial charge in [0.1, 0.15) is 11.9 Å². The van der Waals surface area contributed by atoms with E-state index in [2.05, 4.69) is 12.2 Å². The van der Waals surface area contributed by atoms with Crippen LogP contribution in [-0.4, -0.2) is 30.4 Å². The number of nitrogens with one attached hydrogen (secondary N) is 1. The number of rotatable bonds is 10. The average molecular weight is 373 g/mol. The first kappa shape index (κ1) is 21.0. The first-order valence-electron chi connectivity index (χ1n) is 9.65. The molecule has 26 heavy (non-hydrogen) atoms. The average Bonchev–Trinajstić information content (AvgIpc) is 3.05. The third kappa shape index (κ3) is 6.47. The molecule has 0 radical (unpaired) electrons. The Kier molecular flexibility index (Phi) is 8.22. The van der Waals surface area contributed by atoms with Crippen LogP contribution in [0.2, 0.25) is 0 Å². The number of hydrogen-bond acceptors (Lipinski definition) is 3. The van der Waals surface area contributed by atoms with Gasteiger partial charge in [-0.2, -0.15) is 13.2 Å². The lowest BCUT2D eigenvalue weighted by molar-refractivity contribution is -0.138. The van der Waals surface area contributed by atoms with E-state index in [0.29, 0.717) is 24.9 Å². The molecule has 2 atom stereocenters. The SMILES string of the molecule is CCCCCCCCc1ccc(OC2CN[C@H](CO)C2)cc1C(F)(F)F. The number of unbranched alkanes of at least 4 members (excludes halogenated alkanes) is 5. The van der Waals surface area contributed by atoms with Gasteiger partial charge in [0.25, 0.3) is 0 Å². The molecule has 1 aliphatic heterocycles. The second-order valence-electron chi connectivity index (χ2n) is 7.10. The fourth-order valence-corrected chi connectivity index (χ4v) is 3.41. The third-order valence-electron chi connectivity index (χ3n) is 4.89. The Labute approximate surface area is 153 Å². The molecule has 1 fully saturated rings. The molecule has 3 nitrogen and oxygen atoms in total. The summed E-state index contributed by atoms with van der Waals surface area (Å²) in [5.41, 5.74) is -0.244. The summed E-state index contributed by atoms with van der Waals surface area (Å²) in [6.45, 7) is 2.68. The van der Waals surface area contributed by atoms with Gasteiger partial charge in [-0.25, -0.2) is 0 Å². The highest BCUT2D eigenvalue weighted by Crippen LogP contribution is 2.35. The molecule has 148 valence electrons. The second-order valence-corrected chi connectivity index (χ2v) is 7.10. The lowest BCUT2D eigenvalue weighted by Crippen LogP contribution is -2.25. The highest BCUT2D eigenvalue weighted by Gasteiger charge is 2.34. The number of ether oxygens (including phenoxy) is 1. The predicted octanol–water partition coefficient (Wildman–Crippen LogP) is 4.71. The summed E-state index contributed by atoms with van der Waals surface area (Å²) in [6, 6.07) is 4.26. The number of halogens is 3. The number of alkyl halides is 3. The summed E-state index contributed by atoms with van der Waals surface area (Å²) in [5.74, 6) is 0.245. The van der Waals surface area contributed by atoms with Crippen molar-refractivity contribution in [3.8, 4) is 5.75 Å². The predicted molar refractivity (Wildman–Crippen MR) is 96.4 cm³/mol. The van der Waals surface area contributed by atoms with Crippen molar-refractivity contribution >= 4 is 0 Å². The van der Waals surface area contributed by atoms with Gasteiger partial charge in [0.2, 0.25) is 0 Å². The van der Waals surface area contributed by atoms with E-state index in [1.165, 1.54) is 6.42 Å². The smallest absolute Gasteiger partial charge is 0.416 e. The van der Waals surface area contributed by atoms with Gasteiger partial charge in [-0.3, -0.25) is 0 Å². The van der Waals surface area contributed by atoms with Gasteiger partial charge in [0, 0.05) is 19.0 Å². The Morgan fingerprint density at radius 1 is 1.15 bits per heavy atom. The zero-order valence-electron chi connectivity index (χ0n) is 15.4. The van der Waals surface area contributed by atoms with Crippen LogP contribution < -0.4 is 10.1 Å². The van der Waals surface area contributed by atoms with Gasteiger partial charge in [-0.1, -0.05) is 45.1 Å². The maximum atomic E-state index is 13.4. The number of hydrogen-bond donors (Lipinski definition) is 2. The molecule has 1 aliphatic rings. The standard InChI is InChI=1S/C20H30F3NO2/c1-2-3-4-5-6-7-8-15-9-10-17(12-19(15)20(21,22)23)26-18-11-16(14-25)24-13-18/h9-10,12,16,18,24-25H,2-8,11,13-14H2,1H3/t16-,18?/m0/s1. The molecule has 0 saturated carbocycles. The van der Waals surface area contributed by atoms with E-state index >= 15 is 0 Å². The molecule has 1 saturated heterocycles. The molecule has 0 aromatic heterocycles. The normalized spacial score (nSPS) is 20.5. The van der Waals surface area contributed by atoms with Crippen molar-refractivity contribution in [2.45, 2.75) is 76.6 Å². The van der Waals surface area contributed by atoms with Gasteiger partial charge in [0.05, 0.1) is 12.2 Å². The topological polar surface area (TPSA) is 41.5 Å². The van der Waals surface area contributed by atoms with Crippen LogP contribution in [0.3, 0.4) is 0 Å². The Morgan fingerprint density at radius 3 is 2.54 bits per heavy atom. The zero-order valence-corrected chi connectivity index (χ0v) is 15.4. The summed E-state index contributed by atoms with van der Waals surface area (Å²) >= 11 is 0. The number of benzene rings is 1. The largest absolute Gasteiger partial charge is 0.489 e.